The summed E-state index contributed by atoms with van der Waals surface area (Å²) in [5.74, 6) is -0.429. The van der Waals surface area contributed by atoms with Gasteiger partial charge in [-0.1, -0.05) is 41.7 Å². The number of esters is 1. The quantitative estimate of drug-likeness (QED) is 0.509. The number of aromatic nitrogens is 3. The first-order chi connectivity index (χ1) is 16.2. The highest BCUT2D eigenvalue weighted by molar-refractivity contribution is 7.17. The Balaban J connectivity index is 1.50. The summed E-state index contributed by atoms with van der Waals surface area (Å²) < 4.78 is 12.3. The van der Waals surface area contributed by atoms with Gasteiger partial charge in [0.25, 0.3) is 0 Å². The lowest BCUT2D eigenvalue weighted by Crippen LogP contribution is -2.50. The molecule has 0 aliphatic carbocycles. The normalized spacial score (nSPS) is 14.2. The Bertz CT molecular complexity index is 1140. The first-order valence-electron chi connectivity index (χ1n) is 11.1. The molecule has 10 heteroatoms. The highest BCUT2D eigenvalue weighted by atomic mass is 32.1. The lowest BCUT2D eigenvalue weighted by Gasteiger charge is -2.35. The molecule has 1 aliphatic rings. The predicted molar refractivity (Wildman–Crippen MR) is 130 cm³/mol. The number of benzene rings is 1. The number of hydrogen-bond acceptors (Lipinski definition) is 8. The Hall–Kier alpha value is -3.40. The van der Waals surface area contributed by atoms with Crippen LogP contribution in [-0.2, 0) is 16.0 Å². The molecule has 0 radical (unpaired) electrons. The van der Waals surface area contributed by atoms with Gasteiger partial charge in [-0.15, -0.1) is 0 Å². The van der Waals surface area contributed by atoms with Gasteiger partial charge in [-0.2, -0.15) is 5.10 Å². The summed E-state index contributed by atoms with van der Waals surface area (Å²) in [5, 5.41) is 5.17. The maximum absolute atomic E-state index is 12.5. The zero-order valence-corrected chi connectivity index (χ0v) is 20.7. The molecule has 1 amide bonds. The topological polar surface area (TPSA) is 89.8 Å². The highest BCUT2D eigenvalue weighted by Crippen LogP contribution is 2.34. The van der Waals surface area contributed by atoms with Gasteiger partial charge in [0.15, 0.2) is 5.13 Å². The number of hydrogen-bond donors (Lipinski definition) is 0. The van der Waals surface area contributed by atoms with Crippen molar-refractivity contribution in [2.75, 3.05) is 38.2 Å². The summed E-state index contributed by atoms with van der Waals surface area (Å²) in [5.41, 5.74) is 1.91. The second kappa shape index (κ2) is 9.84. The van der Waals surface area contributed by atoms with Gasteiger partial charge < -0.3 is 19.3 Å². The van der Waals surface area contributed by atoms with Crippen molar-refractivity contribution in [1.82, 2.24) is 19.7 Å². The van der Waals surface area contributed by atoms with Crippen molar-refractivity contribution in [3.8, 4) is 11.3 Å². The molecule has 1 saturated heterocycles. The number of anilines is 1. The van der Waals surface area contributed by atoms with Crippen LogP contribution in [0.5, 0.6) is 0 Å². The summed E-state index contributed by atoms with van der Waals surface area (Å²) in [6.45, 7) is 8.43. The maximum Gasteiger partial charge on any atom is 0.410 e. The summed E-state index contributed by atoms with van der Waals surface area (Å²) in [7, 11) is 1.37. The molecule has 2 aromatic heterocycles. The summed E-state index contributed by atoms with van der Waals surface area (Å²) in [4.78, 5) is 33.9. The Morgan fingerprint density at radius 1 is 1.09 bits per heavy atom. The standard InChI is InChI=1S/C24H29N5O4S/c1-24(2,3)33-23(31)28-12-10-27(11-13-28)22-26-19(20(34-22)21(30)32-4)18-14-25-29(16-18)15-17-8-6-5-7-9-17/h5-9,14,16H,10-13,15H2,1-4H3. The maximum atomic E-state index is 12.5. The van der Waals surface area contributed by atoms with Gasteiger partial charge in [-0.05, 0) is 26.3 Å². The van der Waals surface area contributed by atoms with Crippen molar-refractivity contribution in [2.24, 2.45) is 0 Å². The third kappa shape index (κ3) is 5.56. The van der Waals surface area contributed by atoms with Crippen LogP contribution in [0.3, 0.4) is 0 Å². The Morgan fingerprint density at radius 2 is 1.79 bits per heavy atom. The molecule has 3 aromatic rings. The molecule has 0 bridgehead atoms. The van der Waals surface area contributed by atoms with E-state index in [1.165, 1.54) is 18.4 Å². The van der Waals surface area contributed by atoms with E-state index in [9.17, 15) is 9.59 Å². The summed E-state index contributed by atoms with van der Waals surface area (Å²) in [6, 6.07) is 10.0. The third-order valence-corrected chi connectivity index (χ3v) is 6.38. The molecule has 0 unspecified atom stereocenters. The molecule has 1 fully saturated rings. The van der Waals surface area contributed by atoms with Gasteiger partial charge in [0.05, 0.1) is 19.9 Å². The largest absolute Gasteiger partial charge is 0.465 e. The fourth-order valence-corrected chi connectivity index (χ4v) is 4.68. The van der Waals surface area contributed by atoms with Crippen molar-refractivity contribution in [1.29, 1.82) is 0 Å². The molecule has 0 N–H and O–H groups in total. The van der Waals surface area contributed by atoms with E-state index in [1.807, 2.05) is 62.0 Å². The molecular formula is C24H29N5O4S. The number of carbonyl (C=O) groups is 2. The van der Waals surface area contributed by atoms with E-state index in [0.717, 1.165) is 16.3 Å². The molecule has 1 aliphatic heterocycles. The minimum absolute atomic E-state index is 0.312. The van der Waals surface area contributed by atoms with Crippen LogP contribution in [0.15, 0.2) is 42.7 Å². The monoisotopic (exact) mass is 483 g/mol. The lowest BCUT2D eigenvalue weighted by atomic mass is 10.2. The molecule has 0 saturated carbocycles. The molecule has 0 spiro atoms. The smallest absolute Gasteiger partial charge is 0.410 e. The van der Waals surface area contributed by atoms with Gasteiger partial charge in [0.2, 0.25) is 0 Å². The minimum Gasteiger partial charge on any atom is -0.465 e. The number of ether oxygens (including phenoxy) is 2. The van der Waals surface area contributed by atoms with Gasteiger partial charge >= 0.3 is 12.1 Å². The van der Waals surface area contributed by atoms with Crippen LogP contribution >= 0.6 is 11.3 Å². The van der Waals surface area contributed by atoms with E-state index < -0.39 is 11.6 Å². The first kappa shape index (κ1) is 23.7. The van der Waals surface area contributed by atoms with Gasteiger partial charge in [-0.25, -0.2) is 14.6 Å². The number of methoxy groups -OCH3 is 1. The van der Waals surface area contributed by atoms with Crippen molar-refractivity contribution in [3.63, 3.8) is 0 Å². The Kier molecular flexibility index (Phi) is 6.87. The first-order valence-corrected chi connectivity index (χ1v) is 11.9. The zero-order chi connectivity index (χ0) is 24.3. The molecule has 9 nitrogen and oxygen atoms in total. The van der Waals surface area contributed by atoms with Crippen LogP contribution < -0.4 is 4.90 Å². The Morgan fingerprint density at radius 3 is 2.44 bits per heavy atom. The fraction of sp³-hybridized carbons (Fsp3) is 0.417. The van der Waals surface area contributed by atoms with Crippen LogP contribution in [-0.4, -0.2) is 70.6 Å². The molecule has 34 heavy (non-hydrogen) atoms. The number of rotatable bonds is 5. The number of nitrogens with zero attached hydrogens (tertiary/aromatic N) is 5. The average Bonchev–Trinajstić information content (AvgIpc) is 3.45. The zero-order valence-electron chi connectivity index (χ0n) is 19.9. The van der Waals surface area contributed by atoms with Crippen molar-refractivity contribution in [2.45, 2.75) is 32.9 Å². The van der Waals surface area contributed by atoms with Crippen molar-refractivity contribution in [3.05, 3.63) is 53.2 Å². The van der Waals surface area contributed by atoms with Gasteiger partial charge in [-0.3, -0.25) is 4.68 Å². The van der Waals surface area contributed by atoms with E-state index in [0.29, 0.717) is 43.3 Å². The van der Waals surface area contributed by atoms with Crippen LogP contribution in [0.25, 0.3) is 11.3 Å². The average molecular weight is 484 g/mol. The van der Waals surface area contributed by atoms with Crippen molar-refractivity contribution < 1.29 is 19.1 Å². The number of carbonyl (C=O) groups excluding carboxylic acids is 2. The highest BCUT2D eigenvalue weighted by Gasteiger charge is 2.29. The van der Waals surface area contributed by atoms with E-state index in [4.69, 9.17) is 14.5 Å². The second-order valence-corrected chi connectivity index (χ2v) is 10.0. The predicted octanol–water partition coefficient (Wildman–Crippen LogP) is 3.90. The molecule has 4 rings (SSSR count). The minimum atomic E-state index is -0.529. The van der Waals surface area contributed by atoms with Gasteiger partial charge in [0, 0.05) is 37.9 Å². The molecule has 3 heterocycles. The Labute approximate surface area is 202 Å². The van der Waals surface area contributed by atoms with E-state index in [2.05, 4.69) is 10.00 Å². The van der Waals surface area contributed by atoms with Crippen molar-refractivity contribution >= 4 is 28.5 Å². The number of thiazole rings is 1. The van der Waals surface area contributed by atoms with Crippen LogP contribution in [0.2, 0.25) is 0 Å². The van der Waals surface area contributed by atoms with E-state index in [1.54, 1.807) is 11.1 Å². The third-order valence-electron chi connectivity index (χ3n) is 5.28. The fourth-order valence-electron chi connectivity index (χ4n) is 3.62. The number of amides is 1. The SMILES string of the molecule is COC(=O)c1sc(N2CCN(C(=O)OC(C)(C)C)CC2)nc1-c1cnn(Cc2ccccc2)c1. The lowest BCUT2D eigenvalue weighted by molar-refractivity contribution is 0.0240. The van der Waals surface area contributed by atoms with Crippen LogP contribution in [0.4, 0.5) is 9.93 Å². The molecular weight excluding hydrogens is 454 g/mol. The van der Waals surface area contributed by atoms with Gasteiger partial charge in [0.1, 0.15) is 16.2 Å². The van der Waals surface area contributed by atoms with Crippen LogP contribution in [0, 0.1) is 0 Å². The molecule has 180 valence electrons. The summed E-state index contributed by atoms with van der Waals surface area (Å²) in [6.07, 6.45) is 3.29. The molecule has 0 atom stereocenters. The van der Waals surface area contributed by atoms with E-state index >= 15 is 0 Å². The van der Waals surface area contributed by atoms with Crippen LogP contribution in [0.1, 0.15) is 36.0 Å². The number of piperazine rings is 1. The van der Waals surface area contributed by atoms with E-state index in [-0.39, 0.29) is 6.09 Å². The second-order valence-electron chi connectivity index (χ2n) is 9.03. The summed E-state index contributed by atoms with van der Waals surface area (Å²) >= 11 is 1.29. The molecule has 1 aromatic carbocycles.